The van der Waals surface area contributed by atoms with E-state index in [1.807, 2.05) is 6.92 Å². The van der Waals surface area contributed by atoms with Crippen molar-refractivity contribution < 1.29 is 17.9 Å². The molecular formula is C12H11F3N2O. The molecule has 2 aliphatic heterocycles. The first-order valence-electron chi connectivity index (χ1n) is 5.73. The SMILES string of the molecule is CC1=N[C@H]2c3ccc(C(F)(F)F)nc3O[C@H]2CC1. The van der Waals surface area contributed by atoms with Crippen molar-refractivity contribution in [1.82, 2.24) is 4.98 Å². The zero-order valence-corrected chi connectivity index (χ0v) is 9.66. The zero-order valence-electron chi connectivity index (χ0n) is 9.66. The normalized spacial score (nSPS) is 26.1. The van der Waals surface area contributed by atoms with E-state index in [0.717, 1.165) is 24.6 Å². The number of aromatic nitrogens is 1. The van der Waals surface area contributed by atoms with E-state index in [-0.39, 0.29) is 18.0 Å². The number of halogens is 3. The summed E-state index contributed by atoms with van der Waals surface area (Å²) in [4.78, 5) is 8.01. The molecule has 0 aliphatic carbocycles. The van der Waals surface area contributed by atoms with Crippen LogP contribution in [-0.4, -0.2) is 16.8 Å². The van der Waals surface area contributed by atoms with Crippen LogP contribution in [0.5, 0.6) is 5.88 Å². The lowest BCUT2D eigenvalue weighted by atomic mass is 9.97. The topological polar surface area (TPSA) is 34.5 Å². The fourth-order valence-electron chi connectivity index (χ4n) is 2.36. The Morgan fingerprint density at radius 3 is 2.83 bits per heavy atom. The van der Waals surface area contributed by atoms with E-state index in [9.17, 15) is 13.2 Å². The molecule has 0 N–H and O–H groups in total. The highest BCUT2D eigenvalue weighted by molar-refractivity contribution is 5.83. The van der Waals surface area contributed by atoms with Crippen LogP contribution in [0, 0.1) is 0 Å². The zero-order chi connectivity index (χ0) is 12.9. The number of nitrogens with zero attached hydrogens (tertiary/aromatic N) is 2. The monoisotopic (exact) mass is 256 g/mol. The maximum atomic E-state index is 12.5. The summed E-state index contributed by atoms with van der Waals surface area (Å²) in [6, 6.07) is 2.23. The fourth-order valence-corrected chi connectivity index (χ4v) is 2.36. The van der Waals surface area contributed by atoms with Crippen molar-refractivity contribution in [3.8, 4) is 5.88 Å². The second-order valence-corrected chi connectivity index (χ2v) is 4.59. The van der Waals surface area contributed by atoms with E-state index < -0.39 is 11.9 Å². The molecule has 0 unspecified atom stereocenters. The van der Waals surface area contributed by atoms with Crippen molar-refractivity contribution in [2.75, 3.05) is 0 Å². The third kappa shape index (κ3) is 1.76. The van der Waals surface area contributed by atoms with Crippen LogP contribution < -0.4 is 4.74 Å². The number of fused-ring (bicyclic) bond motifs is 3. The summed E-state index contributed by atoms with van der Waals surface area (Å²) < 4.78 is 43.1. The van der Waals surface area contributed by atoms with Gasteiger partial charge in [0.1, 0.15) is 17.8 Å². The standard InChI is InChI=1S/C12H11F3N2O/c1-6-2-4-8-10(16-6)7-3-5-9(12(13,14)15)17-11(7)18-8/h3,5,8,10H,2,4H2,1H3/t8-,10-/m0/s1. The van der Waals surface area contributed by atoms with Crippen molar-refractivity contribution in [2.45, 2.75) is 38.1 Å². The van der Waals surface area contributed by atoms with Crippen LogP contribution in [0.3, 0.4) is 0 Å². The fraction of sp³-hybridized carbons (Fsp3) is 0.500. The highest BCUT2D eigenvalue weighted by atomic mass is 19.4. The van der Waals surface area contributed by atoms with Crippen LogP contribution >= 0.6 is 0 Å². The van der Waals surface area contributed by atoms with Crippen LogP contribution in [-0.2, 0) is 6.18 Å². The molecule has 1 aromatic heterocycles. The molecule has 2 aliphatic rings. The highest BCUT2D eigenvalue weighted by Crippen LogP contribution is 2.43. The Labute approximate surface area is 102 Å². The maximum Gasteiger partial charge on any atom is 0.433 e. The largest absolute Gasteiger partial charge is 0.471 e. The first-order valence-corrected chi connectivity index (χ1v) is 5.73. The third-order valence-corrected chi connectivity index (χ3v) is 3.26. The lowest BCUT2D eigenvalue weighted by Gasteiger charge is -2.20. The van der Waals surface area contributed by atoms with Gasteiger partial charge in [0.05, 0.1) is 0 Å². The molecular weight excluding hydrogens is 245 g/mol. The number of alkyl halides is 3. The van der Waals surface area contributed by atoms with Gasteiger partial charge in [0.25, 0.3) is 0 Å². The summed E-state index contributed by atoms with van der Waals surface area (Å²) in [5, 5.41) is 0. The van der Waals surface area contributed by atoms with Gasteiger partial charge in [-0.05, 0) is 31.9 Å². The Morgan fingerprint density at radius 2 is 2.11 bits per heavy atom. The van der Waals surface area contributed by atoms with Crippen molar-refractivity contribution >= 4 is 5.71 Å². The van der Waals surface area contributed by atoms with Gasteiger partial charge in [0.15, 0.2) is 0 Å². The molecule has 0 fully saturated rings. The molecule has 2 atom stereocenters. The second kappa shape index (κ2) is 3.70. The van der Waals surface area contributed by atoms with E-state index in [1.54, 1.807) is 0 Å². The molecule has 0 aromatic carbocycles. The minimum atomic E-state index is -4.44. The van der Waals surface area contributed by atoms with E-state index in [2.05, 4.69) is 9.98 Å². The first-order chi connectivity index (χ1) is 8.45. The van der Waals surface area contributed by atoms with Crippen molar-refractivity contribution in [1.29, 1.82) is 0 Å². The van der Waals surface area contributed by atoms with Gasteiger partial charge < -0.3 is 4.74 Å². The summed E-state index contributed by atoms with van der Waals surface area (Å²) in [7, 11) is 0. The molecule has 0 radical (unpaired) electrons. The number of hydrogen-bond acceptors (Lipinski definition) is 3. The lowest BCUT2D eigenvalue weighted by Crippen LogP contribution is -2.23. The van der Waals surface area contributed by atoms with Crippen LogP contribution in [0.25, 0.3) is 0 Å². The highest BCUT2D eigenvalue weighted by Gasteiger charge is 2.40. The Bertz CT molecular complexity index is 525. The minimum absolute atomic E-state index is 0.0817. The lowest BCUT2D eigenvalue weighted by molar-refractivity contribution is -0.141. The van der Waals surface area contributed by atoms with Gasteiger partial charge in [-0.25, -0.2) is 4.98 Å². The molecule has 18 heavy (non-hydrogen) atoms. The summed E-state index contributed by atoms with van der Waals surface area (Å²) in [6.07, 6.45) is -3.01. The third-order valence-electron chi connectivity index (χ3n) is 3.26. The predicted molar refractivity (Wildman–Crippen MR) is 58.7 cm³/mol. The van der Waals surface area contributed by atoms with Gasteiger partial charge in [-0.2, -0.15) is 13.2 Å². The number of rotatable bonds is 0. The number of hydrogen-bond donors (Lipinski definition) is 0. The molecule has 0 saturated heterocycles. The van der Waals surface area contributed by atoms with Crippen molar-refractivity contribution in [2.24, 2.45) is 4.99 Å². The van der Waals surface area contributed by atoms with Crippen LogP contribution in [0.4, 0.5) is 13.2 Å². The van der Waals surface area contributed by atoms with E-state index in [0.29, 0.717) is 5.56 Å². The van der Waals surface area contributed by atoms with Crippen molar-refractivity contribution in [3.05, 3.63) is 23.4 Å². The number of pyridine rings is 1. The molecule has 0 saturated carbocycles. The summed E-state index contributed by atoms with van der Waals surface area (Å²) >= 11 is 0. The summed E-state index contributed by atoms with van der Waals surface area (Å²) in [5.74, 6) is 0.0817. The maximum absolute atomic E-state index is 12.5. The molecule has 0 bridgehead atoms. The second-order valence-electron chi connectivity index (χ2n) is 4.59. The van der Waals surface area contributed by atoms with Crippen molar-refractivity contribution in [3.63, 3.8) is 0 Å². The van der Waals surface area contributed by atoms with Gasteiger partial charge in [0, 0.05) is 11.3 Å². The molecule has 6 heteroatoms. The number of aliphatic imine (C=N–C) groups is 1. The molecule has 3 nitrogen and oxygen atoms in total. The van der Waals surface area contributed by atoms with Gasteiger partial charge in [-0.3, -0.25) is 4.99 Å². The van der Waals surface area contributed by atoms with E-state index in [4.69, 9.17) is 4.74 Å². The summed E-state index contributed by atoms with van der Waals surface area (Å²) in [6.45, 7) is 1.92. The molecule has 0 amide bonds. The quantitative estimate of drug-likeness (QED) is 0.714. The average Bonchev–Trinajstić information content (AvgIpc) is 2.65. The van der Waals surface area contributed by atoms with E-state index in [1.165, 1.54) is 6.07 Å². The van der Waals surface area contributed by atoms with Crippen LogP contribution in [0.1, 0.15) is 37.1 Å². The molecule has 0 spiro atoms. The Kier molecular flexibility index (Phi) is 2.36. The van der Waals surface area contributed by atoms with Gasteiger partial charge in [-0.1, -0.05) is 0 Å². The van der Waals surface area contributed by atoms with Crippen LogP contribution in [0.15, 0.2) is 17.1 Å². The average molecular weight is 256 g/mol. The molecule has 1 aromatic rings. The van der Waals surface area contributed by atoms with E-state index >= 15 is 0 Å². The number of ether oxygens (including phenoxy) is 1. The molecule has 96 valence electrons. The van der Waals surface area contributed by atoms with Gasteiger partial charge in [-0.15, -0.1) is 0 Å². The summed E-state index contributed by atoms with van der Waals surface area (Å²) in [5.41, 5.74) is 0.750. The smallest absolute Gasteiger partial charge is 0.433 e. The Morgan fingerprint density at radius 1 is 1.33 bits per heavy atom. The Hall–Kier alpha value is -1.59. The Balaban J connectivity index is 2.01. The first kappa shape index (κ1) is 11.5. The van der Waals surface area contributed by atoms with Gasteiger partial charge in [0.2, 0.25) is 5.88 Å². The molecule has 3 heterocycles. The van der Waals surface area contributed by atoms with Gasteiger partial charge >= 0.3 is 6.18 Å². The minimum Gasteiger partial charge on any atom is -0.471 e. The predicted octanol–water partition coefficient (Wildman–Crippen LogP) is 3.16. The molecule has 3 rings (SSSR count). The van der Waals surface area contributed by atoms with Crippen LogP contribution in [0.2, 0.25) is 0 Å².